The quantitative estimate of drug-likeness (QED) is 0.327. The van der Waals surface area contributed by atoms with Crippen molar-refractivity contribution in [2.45, 2.75) is 11.0 Å². The minimum atomic E-state index is -0.718. The van der Waals surface area contributed by atoms with E-state index in [1.807, 2.05) is 30.5 Å². The zero-order chi connectivity index (χ0) is 18.2. The van der Waals surface area contributed by atoms with E-state index in [2.05, 4.69) is 15.5 Å². The maximum Gasteiger partial charge on any atom is 0.312 e. The fourth-order valence-electron chi connectivity index (χ4n) is 2.22. The highest BCUT2D eigenvalue weighted by molar-refractivity contribution is 7.98. The van der Waals surface area contributed by atoms with Crippen LogP contribution in [0.3, 0.4) is 0 Å². The molecule has 8 heteroatoms. The van der Waals surface area contributed by atoms with Gasteiger partial charge in [-0.25, -0.2) is 14.1 Å². The van der Waals surface area contributed by atoms with Gasteiger partial charge in [-0.2, -0.15) is 0 Å². The Balaban J connectivity index is 2.01. The smallest absolute Gasteiger partial charge is 0.312 e. The first-order chi connectivity index (χ1) is 12.0. The Hall–Kier alpha value is -2.29. The second kappa shape index (κ2) is 9.26. The highest BCUT2D eigenvalue weighted by Crippen LogP contribution is 2.27. The molecule has 0 fully saturated rings. The van der Waals surface area contributed by atoms with Crippen LogP contribution in [0.2, 0.25) is 0 Å². The van der Waals surface area contributed by atoms with Crippen LogP contribution in [-0.4, -0.2) is 36.7 Å². The molecular weight excluding hydrogens is 345 g/mol. The Labute approximate surface area is 149 Å². The Bertz CT molecular complexity index is 713. The van der Waals surface area contributed by atoms with Gasteiger partial charge in [-0.1, -0.05) is 12.1 Å². The molecule has 0 heterocycles. The van der Waals surface area contributed by atoms with Crippen LogP contribution in [0, 0.1) is 5.82 Å². The van der Waals surface area contributed by atoms with Crippen LogP contribution in [0.5, 0.6) is 0 Å². The van der Waals surface area contributed by atoms with Crippen molar-refractivity contribution in [2.24, 2.45) is 5.73 Å². The molecule has 25 heavy (non-hydrogen) atoms. The summed E-state index contributed by atoms with van der Waals surface area (Å²) in [4.78, 5) is 16.0. The molecule has 0 aliphatic rings. The maximum atomic E-state index is 14.4. The van der Waals surface area contributed by atoms with Gasteiger partial charge in [0.1, 0.15) is 11.9 Å². The van der Waals surface area contributed by atoms with Gasteiger partial charge >= 0.3 is 6.03 Å². The summed E-state index contributed by atoms with van der Waals surface area (Å²) in [5, 5.41) is 14.1. The average molecular weight is 365 g/mol. The maximum absolute atomic E-state index is 14.4. The Morgan fingerprint density at radius 2 is 2.00 bits per heavy atom. The molecule has 0 aromatic heterocycles. The summed E-state index contributed by atoms with van der Waals surface area (Å²) in [5.74, 6) is -0.362. The molecule has 2 amide bonds. The molecule has 0 radical (unpaired) electrons. The summed E-state index contributed by atoms with van der Waals surface area (Å²) in [6.45, 7) is 0.194. The molecule has 0 saturated heterocycles. The summed E-state index contributed by atoms with van der Waals surface area (Å²) < 4.78 is 14.4. The van der Waals surface area contributed by atoms with E-state index in [1.54, 1.807) is 23.9 Å². The highest BCUT2D eigenvalue weighted by atomic mass is 32.2. The topological polar surface area (TPSA) is 96.6 Å². The monoisotopic (exact) mass is 365 g/mol. The third-order valence-corrected chi connectivity index (χ3v) is 4.30. The van der Waals surface area contributed by atoms with Crippen LogP contribution in [0.1, 0.15) is 0 Å². The first kappa shape index (κ1) is 19.0. The number of benzene rings is 2. The lowest BCUT2D eigenvalue weighted by Crippen LogP contribution is -2.39. The summed E-state index contributed by atoms with van der Waals surface area (Å²) in [6, 6.07) is 11.7. The zero-order valence-electron chi connectivity index (χ0n) is 13.7. The minimum absolute atomic E-state index is 0.0290. The molecule has 0 saturated carbocycles. The molecule has 2 aromatic carbocycles. The number of hydrogen-bond donors (Lipinski definition) is 4. The first-order valence-corrected chi connectivity index (χ1v) is 8.77. The number of nitrogens with one attached hydrogen (secondary N) is 2. The van der Waals surface area contributed by atoms with Gasteiger partial charge in [0.25, 0.3) is 0 Å². The average Bonchev–Trinajstić information content (AvgIpc) is 2.62. The van der Waals surface area contributed by atoms with Gasteiger partial charge in [0.05, 0.1) is 6.54 Å². The van der Waals surface area contributed by atoms with E-state index in [-0.39, 0.29) is 18.9 Å². The van der Waals surface area contributed by atoms with E-state index in [9.17, 15) is 9.18 Å². The van der Waals surface area contributed by atoms with E-state index >= 15 is 0 Å². The molecule has 2 aromatic rings. The van der Waals surface area contributed by atoms with Gasteiger partial charge in [0, 0.05) is 22.7 Å². The second-order valence-corrected chi connectivity index (χ2v) is 6.16. The van der Waals surface area contributed by atoms with E-state index in [1.165, 1.54) is 6.07 Å². The van der Waals surface area contributed by atoms with Gasteiger partial charge in [-0.3, -0.25) is 5.26 Å². The summed E-state index contributed by atoms with van der Waals surface area (Å²) in [6.07, 6.45) is 1.27. The standard InChI is InChI=1S/C17H20FN3O3S/c1-25-14-5-2-11(3-6-14)15-7-4-12(8-16(15)18)20-9-13(24-23)10-21-17(19)22/h2-8,13,20,23H,9-10H2,1H3,(H3,19,21,22)/t13-/m1/s1. The predicted octanol–water partition coefficient (Wildman–Crippen LogP) is 3.15. The molecule has 6 nitrogen and oxygen atoms in total. The first-order valence-electron chi connectivity index (χ1n) is 7.55. The molecule has 0 aliphatic carbocycles. The molecule has 0 unspecified atom stereocenters. The number of thioether (sulfide) groups is 1. The number of nitrogens with two attached hydrogens (primary N) is 1. The largest absolute Gasteiger partial charge is 0.382 e. The summed E-state index contributed by atoms with van der Waals surface area (Å²) in [5.41, 5.74) is 6.78. The molecular formula is C17H20FN3O3S. The van der Waals surface area contributed by atoms with Crippen LogP contribution in [0.4, 0.5) is 14.9 Å². The third-order valence-electron chi connectivity index (χ3n) is 3.56. The van der Waals surface area contributed by atoms with Crippen LogP contribution >= 0.6 is 11.8 Å². The number of carbonyl (C=O) groups excluding carboxylic acids is 1. The molecule has 0 bridgehead atoms. The van der Waals surface area contributed by atoms with Crippen molar-refractivity contribution in [3.05, 3.63) is 48.3 Å². The lowest BCUT2D eigenvalue weighted by Gasteiger charge is -2.15. The molecule has 2 rings (SSSR count). The van der Waals surface area contributed by atoms with Crippen LogP contribution in [-0.2, 0) is 4.89 Å². The number of urea groups is 1. The Morgan fingerprint density at radius 1 is 1.28 bits per heavy atom. The van der Waals surface area contributed by atoms with E-state index in [4.69, 9.17) is 11.0 Å². The predicted molar refractivity (Wildman–Crippen MR) is 97.2 cm³/mol. The number of anilines is 1. The molecule has 0 aliphatic heterocycles. The molecule has 134 valence electrons. The Kier molecular flexibility index (Phi) is 7.05. The lowest BCUT2D eigenvalue weighted by atomic mass is 10.0. The van der Waals surface area contributed by atoms with Gasteiger partial charge in [0.15, 0.2) is 0 Å². The fraction of sp³-hybridized carbons (Fsp3) is 0.235. The van der Waals surface area contributed by atoms with Crippen molar-refractivity contribution >= 4 is 23.5 Å². The van der Waals surface area contributed by atoms with Crippen molar-refractivity contribution < 1.29 is 19.3 Å². The van der Waals surface area contributed by atoms with Crippen molar-refractivity contribution in [1.82, 2.24) is 5.32 Å². The summed E-state index contributed by atoms with van der Waals surface area (Å²) >= 11 is 1.63. The summed E-state index contributed by atoms with van der Waals surface area (Å²) in [7, 11) is 0. The fourth-order valence-corrected chi connectivity index (χ4v) is 2.63. The number of amides is 2. The Morgan fingerprint density at radius 3 is 2.56 bits per heavy atom. The van der Waals surface area contributed by atoms with Crippen molar-refractivity contribution in [3.8, 4) is 11.1 Å². The number of primary amides is 1. The number of halogens is 1. The second-order valence-electron chi connectivity index (χ2n) is 5.28. The third kappa shape index (κ3) is 5.63. The van der Waals surface area contributed by atoms with E-state index < -0.39 is 12.1 Å². The van der Waals surface area contributed by atoms with E-state index in [0.29, 0.717) is 11.3 Å². The van der Waals surface area contributed by atoms with Crippen molar-refractivity contribution in [1.29, 1.82) is 0 Å². The van der Waals surface area contributed by atoms with Gasteiger partial charge < -0.3 is 16.4 Å². The van der Waals surface area contributed by atoms with Gasteiger partial charge in [-0.05, 0) is 42.2 Å². The van der Waals surface area contributed by atoms with Crippen LogP contribution in [0.25, 0.3) is 11.1 Å². The van der Waals surface area contributed by atoms with Crippen molar-refractivity contribution in [2.75, 3.05) is 24.7 Å². The molecule has 5 N–H and O–H groups in total. The van der Waals surface area contributed by atoms with Crippen LogP contribution < -0.4 is 16.4 Å². The number of rotatable bonds is 8. The van der Waals surface area contributed by atoms with Gasteiger partial charge in [-0.15, -0.1) is 11.8 Å². The van der Waals surface area contributed by atoms with Gasteiger partial charge in [0.2, 0.25) is 0 Å². The van der Waals surface area contributed by atoms with E-state index in [0.717, 1.165) is 10.5 Å². The van der Waals surface area contributed by atoms with Crippen LogP contribution in [0.15, 0.2) is 47.4 Å². The zero-order valence-corrected chi connectivity index (χ0v) is 14.5. The SMILES string of the molecule is CSc1ccc(-c2ccc(NC[C@H](CNC(N)=O)OO)cc2F)cc1. The molecule has 1 atom stereocenters. The minimum Gasteiger partial charge on any atom is -0.382 e. The lowest BCUT2D eigenvalue weighted by molar-refractivity contribution is -0.272. The normalized spacial score (nSPS) is 11.8. The van der Waals surface area contributed by atoms with Crippen molar-refractivity contribution in [3.63, 3.8) is 0 Å². The highest BCUT2D eigenvalue weighted by Gasteiger charge is 2.11. The number of hydrogen-bond acceptors (Lipinski definition) is 5. The molecule has 0 spiro atoms. The number of carbonyl (C=O) groups is 1.